The molecular formula is C11H15N. The van der Waals surface area contributed by atoms with Crippen molar-refractivity contribution in [3.8, 4) is 0 Å². The molecule has 6 aliphatic rings. The van der Waals surface area contributed by atoms with Crippen molar-refractivity contribution in [1.82, 2.24) is 0 Å². The first kappa shape index (κ1) is 5.64. The van der Waals surface area contributed by atoms with Gasteiger partial charge in [0, 0.05) is 5.54 Å². The van der Waals surface area contributed by atoms with E-state index in [4.69, 9.17) is 5.73 Å². The Kier molecular flexibility index (Phi) is 0.569. The predicted octanol–water partition coefficient (Wildman–Crippen LogP) is 1.24. The molecule has 6 fully saturated rings. The van der Waals surface area contributed by atoms with Crippen molar-refractivity contribution >= 4 is 0 Å². The van der Waals surface area contributed by atoms with Crippen LogP contribution in [0, 0.1) is 41.4 Å². The molecule has 0 spiro atoms. The molecule has 64 valence electrons. The molecular weight excluding hydrogens is 146 g/mol. The Hall–Kier alpha value is -0.0400. The lowest BCUT2D eigenvalue weighted by Crippen LogP contribution is -2.55. The van der Waals surface area contributed by atoms with E-state index in [1.54, 1.807) is 0 Å². The second-order valence-electron chi connectivity index (χ2n) is 6.10. The molecule has 0 amide bonds. The zero-order valence-corrected chi connectivity index (χ0v) is 7.24. The van der Waals surface area contributed by atoms with Crippen LogP contribution in [0.3, 0.4) is 0 Å². The summed E-state index contributed by atoms with van der Waals surface area (Å²) >= 11 is 0. The van der Waals surface area contributed by atoms with E-state index in [2.05, 4.69) is 0 Å². The quantitative estimate of drug-likeness (QED) is 0.568. The maximum absolute atomic E-state index is 6.65. The lowest BCUT2D eigenvalue weighted by Gasteiger charge is -2.42. The Labute approximate surface area is 72.7 Å². The van der Waals surface area contributed by atoms with Gasteiger partial charge in [0.15, 0.2) is 0 Å². The molecule has 6 rings (SSSR count). The highest BCUT2D eigenvalue weighted by Gasteiger charge is 2.82. The fraction of sp³-hybridized carbons (Fsp3) is 1.00. The Balaban J connectivity index is 1.80. The molecule has 0 aromatic carbocycles. The second kappa shape index (κ2) is 1.21. The second-order valence-corrected chi connectivity index (χ2v) is 6.10. The molecule has 1 nitrogen and oxygen atoms in total. The molecule has 2 bridgehead atoms. The van der Waals surface area contributed by atoms with Crippen LogP contribution < -0.4 is 5.73 Å². The minimum Gasteiger partial charge on any atom is -0.324 e. The van der Waals surface area contributed by atoms with Gasteiger partial charge in [0.25, 0.3) is 0 Å². The van der Waals surface area contributed by atoms with Gasteiger partial charge in [-0.05, 0) is 60.7 Å². The van der Waals surface area contributed by atoms with Gasteiger partial charge >= 0.3 is 0 Å². The highest BCUT2D eigenvalue weighted by atomic mass is 15.0. The Morgan fingerprint density at radius 1 is 0.833 bits per heavy atom. The molecule has 6 unspecified atom stereocenters. The van der Waals surface area contributed by atoms with E-state index >= 15 is 0 Å². The fourth-order valence-electron chi connectivity index (χ4n) is 5.42. The molecule has 6 aliphatic carbocycles. The van der Waals surface area contributed by atoms with Crippen LogP contribution in [0.2, 0.25) is 0 Å². The zero-order valence-electron chi connectivity index (χ0n) is 7.24. The molecule has 2 N–H and O–H groups in total. The van der Waals surface area contributed by atoms with E-state index in [1.807, 2.05) is 0 Å². The van der Waals surface area contributed by atoms with Gasteiger partial charge in [-0.2, -0.15) is 0 Å². The summed E-state index contributed by atoms with van der Waals surface area (Å²) in [5.41, 5.74) is 7.04. The van der Waals surface area contributed by atoms with Gasteiger partial charge in [-0.25, -0.2) is 0 Å². The van der Waals surface area contributed by atoms with Gasteiger partial charge in [-0.15, -0.1) is 0 Å². The first-order valence-corrected chi connectivity index (χ1v) is 5.60. The van der Waals surface area contributed by atoms with Crippen LogP contribution in [0.5, 0.6) is 0 Å². The summed E-state index contributed by atoms with van der Waals surface area (Å²) in [6.45, 7) is 0. The average molecular weight is 161 g/mol. The first-order valence-electron chi connectivity index (χ1n) is 5.60. The maximum Gasteiger partial charge on any atom is 0.0248 e. The van der Waals surface area contributed by atoms with Gasteiger partial charge in [0.05, 0.1) is 0 Å². The van der Waals surface area contributed by atoms with E-state index < -0.39 is 0 Å². The summed E-state index contributed by atoms with van der Waals surface area (Å²) in [5.74, 6) is 7.50. The maximum atomic E-state index is 6.65. The highest BCUT2D eigenvalue weighted by Crippen LogP contribution is 2.83. The Morgan fingerprint density at radius 2 is 1.25 bits per heavy atom. The Bertz CT molecular complexity index is 252. The largest absolute Gasteiger partial charge is 0.324 e. The molecule has 0 aliphatic heterocycles. The summed E-state index contributed by atoms with van der Waals surface area (Å²) < 4.78 is 0. The first-order chi connectivity index (χ1) is 5.82. The standard InChI is InChI=1S/C11H15N/c12-11-7-1-4(7)10(5-2-8(5)11)6-3-9(6)11/h4-10H,1-3,12H2. The number of hydrogen-bond acceptors (Lipinski definition) is 1. The molecule has 6 saturated carbocycles. The minimum atomic E-state index is 0.384. The van der Waals surface area contributed by atoms with E-state index in [0.29, 0.717) is 5.54 Å². The van der Waals surface area contributed by atoms with Crippen molar-refractivity contribution in [3.05, 3.63) is 0 Å². The van der Waals surface area contributed by atoms with Gasteiger partial charge in [0.1, 0.15) is 0 Å². The van der Waals surface area contributed by atoms with Crippen LogP contribution in [-0.4, -0.2) is 5.54 Å². The minimum absolute atomic E-state index is 0.384. The van der Waals surface area contributed by atoms with Gasteiger partial charge in [-0.3, -0.25) is 0 Å². The fourth-order valence-corrected chi connectivity index (χ4v) is 5.42. The van der Waals surface area contributed by atoms with Gasteiger partial charge in [0.2, 0.25) is 0 Å². The van der Waals surface area contributed by atoms with Crippen LogP contribution in [0.1, 0.15) is 19.3 Å². The third-order valence-corrected chi connectivity index (χ3v) is 5.93. The van der Waals surface area contributed by atoms with Crippen molar-refractivity contribution in [1.29, 1.82) is 0 Å². The van der Waals surface area contributed by atoms with Crippen LogP contribution in [0.4, 0.5) is 0 Å². The van der Waals surface area contributed by atoms with Crippen molar-refractivity contribution in [2.45, 2.75) is 24.8 Å². The highest BCUT2D eigenvalue weighted by molar-refractivity contribution is 5.33. The van der Waals surface area contributed by atoms with Crippen LogP contribution in [0.15, 0.2) is 0 Å². The molecule has 0 radical (unpaired) electrons. The topological polar surface area (TPSA) is 26.0 Å². The molecule has 0 saturated heterocycles. The number of hydrogen-bond donors (Lipinski definition) is 1. The monoisotopic (exact) mass is 161 g/mol. The third-order valence-electron chi connectivity index (χ3n) is 5.93. The van der Waals surface area contributed by atoms with Gasteiger partial charge in [-0.1, -0.05) is 0 Å². The lowest BCUT2D eigenvalue weighted by atomic mass is 9.66. The van der Waals surface area contributed by atoms with E-state index in [1.165, 1.54) is 25.2 Å². The zero-order chi connectivity index (χ0) is 7.66. The van der Waals surface area contributed by atoms with Crippen molar-refractivity contribution in [2.75, 3.05) is 0 Å². The summed E-state index contributed by atoms with van der Waals surface area (Å²) in [7, 11) is 0. The number of nitrogens with two attached hydrogens (primary N) is 1. The molecule has 0 aromatic heterocycles. The smallest absolute Gasteiger partial charge is 0.0248 e. The SMILES string of the molecule is NC12C3CC3C(C3CC31)C1CC12. The van der Waals surface area contributed by atoms with Crippen LogP contribution in [-0.2, 0) is 0 Å². The third kappa shape index (κ3) is 0.348. The normalized spacial score (nSPS) is 85.2. The van der Waals surface area contributed by atoms with E-state index in [9.17, 15) is 0 Å². The van der Waals surface area contributed by atoms with Crippen LogP contribution >= 0.6 is 0 Å². The molecule has 6 atom stereocenters. The summed E-state index contributed by atoms with van der Waals surface area (Å²) in [6, 6.07) is 0. The van der Waals surface area contributed by atoms with Gasteiger partial charge < -0.3 is 5.73 Å². The van der Waals surface area contributed by atoms with Crippen molar-refractivity contribution < 1.29 is 0 Å². The van der Waals surface area contributed by atoms with E-state index in [0.717, 1.165) is 35.5 Å². The number of rotatable bonds is 0. The Morgan fingerprint density at radius 3 is 1.67 bits per heavy atom. The molecule has 0 aromatic rings. The average Bonchev–Trinajstić information content (AvgIpc) is 2.90. The predicted molar refractivity (Wildman–Crippen MR) is 45.2 cm³/mol. The van der Waals surface area contributed by atoms with Crippen molar-refractivity contribution in [3.63, 3.8) is 0 Å². The van der Waals surface area contributed by atoms with Crippen molar-refractivity contribution in [2.24, 2.45) is 47.2 Å². The molecule has 1 heteroatoms. The summed E-state index contributed by atoms with van der Waals surface area (Å²) in [6.07, 6.45) is 4.55. The van der Waals surface area contributed by atoms with Crippen LogP contribution in [0.25, 0.3) is 0 Å². The van der Waals surface area contributed by atoms with E-state index in [-0.39, 0.29) is 0 Å². The molecule has 0 heterocycles. The lowest BCUT2D eigenvalue weighted by molar-refractivity contribution is 0.0992. The summed E-state index contributed by atoms with van der Waals surface area (Å²) in [5, 5.41) is 0. The molecule has 12 heavy (non-hydrogen) atoms. The summed E-state index contributed by atoms with van der Waals surface area (Å²) in [4.78, 5) is 0.